The van der Waals surface area contributed by atoms with E-state index in [1.54, 1.807) is 0 Å². The lowest BCUT2D eigenvalue weighted by atomic mass is 10.1. The second-order valence-corrected chi connectivity index (χ2v) is 6.47. The number of nitrogens with zero attached hydrogens (tertiary/aromatic N) is 2. The van der Waals surface area contributed by atoms with E-state index in [0.717, 1.165) is 18.5 Å². The first kappa shape index (κ1) is 16.9. The van der Waals surface area contributed by atoms with E-state index in [-0.39, 0.29) is 0 Å². The van der Waals surface area contributed by atoms with Crippen molar-refractivity contribution >= 4 is 0 Å². The minimum atomic E-state index is 0.802. The molecule has 3 nitrogen and oxygen atoms in total. The Balaban J connectivity index is 2.00. The number of likely N-dealkylation sites (N-methyl/N-ethyl adjacent to an activating group) is 2. The van der Waals surface area contributed by atoms with Gasteiger partial charge in [-0.3, -0.25) is 4.90 Å². The molecule has 0 radical (unpaired) electrons. The van der Waals surface area contributed by atoms with Crippen molar-refractivity contribution in [1.82, 2.24) is 15.1 Å². The van der Waals surface area contributed by atoms with Crippen LogP contribution in [0.2, 0.25) is 0 Å². The highest BCUT2D eigenvalue weighted by Gasteiger charge is 2.23. The molecule has 1 N–H and O–H groups in total. The highest BCUT2D eigenvalue weighted by Crippen LogP contribution is 2.16. The van der Waals surface area contributed by atoms with Crippen molar-refractivity contribution in [2.45, 2.75) is 52.5 Å². The van der Waals surface area contributed by atoms with Gasteiger partial charge in [0, 0.05) is 25.7 Å². The highest BCUT2D eigenvalue weighted by molar-refractivity contribution is 4.80. The molecule has 1 rings (SSSR count). The molecule has 0 saturated carbocycles. The molecule has 0 aromatic heterocycles. The summed E-state index contributed by atoms with van der Waals surface area (Å²) < 4.78 is 0. The van der Waals surface area contributed by atoms with Crippen LogP contribution >= 0.6 is 0 Å². The van der Waals surface area contributed by atoms with E-state index in [9.17, 15) is 0 Å². The summed E-state index contributed by atoms with van der Waals surface area (Å²) in [5.41, 5.74) is 0. The van der Waals surface area contributed by atoms with Crippen LogP contribution in [-0.4, -0.2) is 62.2 Å². The number of rotatable bonds is 10. The highest BCUT2D eigenvalue weighted by atomic mass is 15.2. The first-order valence-electron chi connectivity index (χ1n) is 8.26. The zero-order valence-corrected chi connectivity index (χ0v) is 13.6. The second-order valence-electron chi connectivity index (χ2n) is 6.47. The lowest BCUT2D eigenvalue weighted by Crippen LogP contribution is -2.40. The summed E-state index contributed by atoms with van der Waals surface area (Å²) >= 11 is 0. The van der Waals surface area contributed by atoms with Gasteiger partial charge in [0.15, 0.2) is 0 Å². The molecule has 0 bridgehead atoms. The van der Waals surface area contributed by atoms with E-state index in [1.807, 2.05) is 0 Å². The molecular weight excluding hydrogens is 234 g/mol. The summed E-state index contributed by atoms with van der Waals surface area (Å²) in [4.78, 5) is 5.13. The summed E-state index contributed by atoms with van der Waals surface area (Å²) in [7, 11) is 2.27. The Labute approximate surface area is 120 Å². The Hall–Kier alpha value is -0.120. The van der Waals surface area contributed by atoms with Crippen molar-refractivity contribution in [3.05, 3.63) is 0 Å². The molecule has 1 fully saturated rings. The average molecular weight is 269 g/mol. The van der Waals surface area contributed by atoms with E-state index in [4.69, 9.17) is 0 Å². The average Bonchev–Trinajstić information content (AvgIpc) is 2.80. The molecule has 1 aliphatic rings. The predicted molar refractivity (Wildman–Crippen MR) is 84.7 cm³/mol. The van der Waals surface area contributed by atoms with Crippen LogP contribution < -0.4 is 5.32 Å². The van der Waals surface area contributed by atoms with Crippen LogP contribution in [0.1, 0.15) is 46.5 Å². The van der Waals surface area contributed by atoms with Gasteiger partial charge in [-0.15, -0.1) is 0 Å². The third-order valence-corrected chi connectivity index (χ3v) is 4.23. The van der Waals surface area contributed by atoms with Gasteiger partial charge in [-0.1, -0.05) is 20.8 Å². The van der Waals surface area contributed by atoms with E-state index >= 15 is 0 Å². The summed E-state index contributed by atoms with van der Waals surface area (Å²) in [6.45, 7) is 14.1. The normalized spacial score (nSPS) is 20.8. The number of hydrogen-bond donors (Lipinski definition) is 1. The quantitative estimate of drug-likeness (QED) is 0.615. The van der Waals surface area contributed by atoms with Gasteiger partial charge in [-0.2, -0.15) is 0 Å². The Kier molecular flexibility index (Phi) is 8.67. The van der Waals surface area contributed by atoms with Gasteiger partial charge in [0.25, 0.3) is 0 Å². The molecule has 0 aromatic carbocycles. The number of likely N-dealkylation sites (tertiary alicyclic amines) is 1. The van der Waals surface area contributed by atoms with Crippen LogP contribution in [0.4, 0.5) is 0 Å². The van der Waals surface area contributed by atoms with E-state index in [0.29, 0.717) is 0 Å². The fourth-order valence-electron chi connectivity index (χ4n) is 3.00. The molecule has 0 spiro atoms. The topological polar surface area (TPSA) is 18.5 Å². The van der Waals surface area contributed by atoms with Gasteiger partial charge in [-0.25, -0.2) is 0 Å². The maximum absolute atomic E-state index is 3.57. The van der Waals surface area contributed by atoms with E-state index in [1.165, 1.54) is 58.4 Å². The van der Waals surface area contributed by atoms with Gasteiger partial charge in [-0.05, 0) is 58.3 Å². The molecule has 0 aliphatic carbocycles. The molecule has 1 saturated heterocycles. The molecule has 114 valence electrons. The van der Waals surface area contributed by atoms with Crippen molar-refractivity contribution in [3.8, 4) is 0 Å². The maximum Gasteiger partial charge on any atom is 0.0223 e. The van der Waals surface area contributed by atoms with Crippen LogP contribution in [0, 0.1) is 5.92 Å². The van der Waals surface area contributed by atoms with Gasteiger partial charge in [0.1, 0.15) is 0 Å². The van der Waals surface area contributed by atoms with E-state index < -0.39 is 0 Å². The zero-order valence-electron chi connectivity index (χ0n) is 13.6. The minimum Gasteiger partial charge on any atom is -0.315 e. The van der Waals surface area contributed by atoms with Gasteiger partial charge in [0.2, 0.25) is 0 Å². The Morgan fingerprint density at radius 3 is 2.79 bits per heavy atom. The number of hydrogen-bond acceptors (Lipinski definition) is 3. The van der Waals surface area contributed by atoms with Crippen molar-refractivity contribution in [2.24, 2.45) is 5.92 Å². The fraction of sp³-hybridized carbons (Fsp3) is 1.00. The number of nitrogens with one attached hydrogen (secondary N) is 1. The molecule has 1 aliphatic heterocycles. The molecule has 1 unspecified atom stereocenters. The lowest BCUT2D eigenvalue weighted by Gasteiger charge is -2.27. The molecule has 0 aromatic rings. The molecule has 1 atom stereocenters. The minimum absolute atomic E-state index is 0.802. The van der Waals surface area contributed by atoms with Gasteiger partial charge in [0.05, 0.1) is 0 Å². The van der Waals surface area contributed by atoms with Gasteiger partial charge < -0.3 is 10.2 Å². The molecule has 3 heteroatoms. The Morgan fingerprint density at radius 2 is 2.11 bits per heavy atom. The smallest absolute Gasteiger partial charge is 0.0223 e. The Morgan fingerprint density at radius 1 is 1.32 bits per heavy atom. The third-order valence-electron chi connectivity index (χ3n) is 4.23. The third kappa shape index (κ3) is 7.28. The van der Waals surface area contributed by atoms with Crippen LogP contribution in [0.3, 0.4) is 0 Å². The molecule has 1 heterocycles. The Bertz CT molecular complexity index is 218. The van der Waals surface area contributed by atoms with Crippen LogP contribution in [0.15, 0.2) is 0 Å². The first-order chi connectivity index (χ1) is 9.13. The van der Waals surface area contributed by atoms with Gasteiger partial charge >= 0.3 is 0 Å². The van der Waals surface area contributed by atoms with Crippen molar-refractivity contribution in [2.75, 3.05) is 46.3 Å². The standard InChI is InChI=1S/C16H35N3/c1-5-19-12-7-9-16(19)14-18(4)13-11-17-10-6-8-15(2)3/h15-17H,5-14H2,1-4H3. The van der Waals surface area contributed by atoms with Crippen LogP contribution in [0.25, 0.3) is 0 Å². The molecule has 0 amide bonds. The zero-order chi connectivity index (χ0) is 14.1. The fourth-order valence-corrected chi connectivity index (χ4v) is 3.00. The largest absolute Gasteiger partial charge is 0.315 e. The van der Waals surface area contributed by atoms with Crippen molar-refractivity contribution in [3.63, 3.8) is 0 Å². The maximum atomic E-state index is 3.57. The predicted octanol–water partition coefficient (Wildman–Crippen LogP) is 2.43. The van der Waals surface area contributed by atoms with E-state index in [2.05, 4.69) is 42.9 Å². The second kappa shape index (κ2) is 9.73. The van der Waals surface area contributed by atoms with Crippen LogP contribution in [0.5, 0.6) is 0 Å². The van der Waals surface area contributed by atoms with Crippen molar-refractivity contribution < 1.29 is 0 Å². The SMILES string of the molecule is CCN1CCCC1CN(C)CCNCCCC(C)C. The summed E-state index contributed by atoms with van der Waals surface area (Å²) in [5.74, 6) is 0.840. The summed E-state index contributed by atoms with van der Waals surface area (Å²) in [6, 6.07) is 0.802. The summed E-state index contributed by atoms with van der Waals surface area (Å²) in [6.07, 6.45) is 5.43. The summed E-state index contributed by atoms with van der Waals surface area (Å²) in [5, 5.41) is 3.57. The van der Waals surface area contributed by atoms with Crippen molar-refractivity contribution in [1.29, 1.82) is 0 Å². The monoisotopic (exact) mass is 269 g/mol. The lowest BCUT2D eigenvalue weighted by molar-refractivity contribution is 0.199. The first-order valence-corrected chi connectivity index (χ1v) is 8.26. The molecular formula is C16H35N3. The molecule has 19 heavy (non-hydrogen) atoms. The van der Waals surface area contributed by atoms with Crippen LogP contribution in [-0.2, 0) is 0 Å².